The van der Waals surface area contributed by atoms with E-state index in [0.29, 0.717) is 11.3 Å². The number of benzene rings is 1. The van der Waals surface area contributed by atoms with E-state index >= 15 is 0 Å². The van der Waals surface area contributed by atoms with Crippen LogP contribution in [-0.2, 0) is 5.54 Å². The first-order valence-corrected chi connectivity index (χ1v) is 4.78. The monoisotopic (exact) mass is 214 g/mol. The molecule has 1 aromatic carbocycles. The number of fused-ring (bicyclic) bond motifs is 1. The minimum Gasteiger partial charge on any atom is -0.508 e. The summed E-state index contributed by atoms with van der Waals surface area (Å²) in [6, 6.07) is 6.86. The van der Waals surface area contributed by atoms with Crippen molar-refractivity contribution in [2.45, 2.75) is 5.54 Å². The van der Waals surface area contributed by atoms with Crippen LogP contribution in [0.5, 0.6) is 11.5 Å². The van der Waals surface area contributed by atoms with Crippen LogP contribution in [0.1, 0.15) is 5.56 Å². The summed E-state index contributed by atoms with van der Waals surface area (Å²) in [5.74, 6) is 3.06. The number of hydrogen-bond donors (Lipinski definition) is 2. The summed E-state index contributed by atoms with van der Waals surface area (Å²) in [6.07, 6.45) is 5.16. The Bertz CT molecular complexity index is 499. The van der Waals surface area contributed by atoms with Gasteiger partial charge in [0, 0.05) is 11.6 Å². The molecule has 0 amide bonds. The Morgan fingerprint density at radius 3 is 3.12 bits per heavy atom. The number of nitriles is 1. The van der Waals surface area contributed by atoms with Crippen molar-refractivity contribution >= 4 is 0 Å². The molecule has 0 aromatic heterocycles. The molecule has 0 aliphatic carbocycles. The van der Waals surface area contributed by atoms with Crippen LogP contribution in [-0.4, -0.2) is 18.3 Å². The Hall–Kier alpha value is -2.17. The minimum absolute atomic E-state index is 0.115. The third-order valence-corrected chi connectivity index (χ3v) is 2.55. The van der Waals surface area contributed by atoms with E-state index in [1.165, 1.54) is 12.1 Å². The summed E-state index contributed by atoms with van der Waals surface area (Å²) in [6.45, 7) is 0.487. The Morgan fingerprint density at radius 2 is 2.44 bits per heavy atom. The van der Waals surface area contributed by atoms with Gasteiger partial charge in [0.1, 0.15) is 18.1 Å². The Labute approximate surface area is 93.5 Å². The summed E-state index contributed by atoms with van der Waals surface area (Å²) in [4.78, 5) is 0. The molecule has 4 heteroatoms. The number of phenolic OH excluding ortho intramolecular Hbond substituents is 1. The fraction of sp³-hybridized carbons (Fsp3) is 0.250. The van der Waals surface area contributed by atoms with Crippen LogP contribution in [0.2, 0.25) is 0 Å². The van der Waals surface area contributed by atoms with E-state index in [1.54, 1.807) is 6.07 Å². The maximum Gasteiger partial charge on any atom is 0.170 e. The smallest absolute Gasteiger partial charge is 0.170 e. The zero-order valence-corrected chi connectivity index (χ0v) is 8.53. The zero-order valence-electron chi connectivity index (χ0n) is 8.53. The number of nitrogens with one attached hydrogen (secondary N) is 1. The van der Waals surface area contributed by atoms with Crippen LogP contribution in [0.25, 0.3) is 0 Å². The van der Waals surface area contributed by atoms with Crippen molar-refractivity contribution in [2.24, 2.45) is 0 Å². The van der Waals surface area contributed by atoms with E-state index < -0.39 is 5.54 Å². The van der Waals surface area contributed by atoms with Crippen molar-refractivity contribution in [2.75, 3.05) is 13.2 Å². The van der Waals surface area contributed by atoms with E-state index in [-0.39, 0.29) is 18.9 Å². The van der Waals surface area contributed by atoms with Crippen LogP contribution in [0, 0.1) is 23.7 Å². The summed E-state index contributed by atoms with van der Waals surface area (Å²) in [5, 5.41) is 21.5. The Kier molecular flexibility index (Phi) is 2.44. The molecular formula is C12H10N2O2. The second-order valence-corrected chi connectivity index (χ2v) is 3.54. The van der Waals surface area contributed by atoms with Gasteiger partial charge in [0.2, 0.25) is 0 Å². The van der Waals surface area contributed by atoms with Gasteiger partial charge in [-0.05, 0) is 12.1 Å². The number of rotatable bonds is 2. The van der Waals surface area contributed by atoms with Gasteiger partial charge in [0.25, 0.3) is 0 Å². The predicted molar refractivity (Wildman–Crippen MR) is 57.7 cm³/mol. The highest BCUT2D eigenvalue weighted by atomic mass is 16.5. The van der Waals surface area contributed by atoms with E-state index in [2.05, 4.69) is 17.3 Å². The van der Waals surface area contributed by atoms with Gasteiger partial charge in [-0.1, -0.05) is 5.92 Å². The lowest BCUT2D eigenvalue weighted by atomic mass is 9.93. The second-order valence-electron chi connectivity index (χ2n) is 3.54. The molecule has 1 aromatic rings. The lowest BCUT2D eigenvalue weighted by molar-refractivity contribution is 0.276. The van der Waals surface area contributed by atoms with Gasteiger partial charge in [-0.3, -0.25) is 5.32 Å². The molecule has 0 spiro atoms. The predicted octanol–water partition coefficient (Wildman–Crippen LogP) is 0.726. The lowest BCUT2D eigenvalue weighted by Crippen LogP contribution is -2.42. The van der Waals surface area contributed by atoms with Crippen molar-refractivity contribution in [3.8, 4) is 29.9 Å². The van der Waals surface area contributed by atoms with E-state index in [0.717, 1.165) is 0 Å². The van der Waals surface area contributed by atoms with E-state index in [9.17, 15) is 10.4 Å². The molecule has 1 unspecified atom stereocenters. The summed E-state index contributed by atoms with van der Waals surface area (Å²) in [5.41, 5.74) is -0.196. The molecule has 0 saturated carbocycles. The molecule has 16 heavy (non-hydrogen) atoms. The normalized spacial score (nSPS) is 21.6. The largest absolute Gasteiger partial charge is 0.508 e. The fourth-order valence-electron chi connectivity index (χ4n) is 1.73. The molecule has 1 atom stereocenters. The number of aromatic hydroxyl groups is 1. The first kappa shape index (κ1) is 10.4. The summed E-state index contributed by atoms with van der Waals surface area (Å²) in [7, 11) is 0. The number of ether oxygens (including phenoxy) is 1. The maximum absolute atomic E-state index is 9.30. The first-order valence-electron chi connectivity index (χ1n) is 4.78. The van der Waals surface area contributed by atoms with Crippen molar-refractivity contribution in [3.05, 3.63) is 23.8 Å². The number of hydrogen-bond acceptors (Lipinski definition) is 4. The minimum atomic E-state index is -0.907. The highest BCUT2D eigenvalue weighted by molar-refractivity contribution is 5.50. The molecule has 2 rings (SSSR count). The fourth-order valence-corrected chi connectivity index (χ4v) is 1.73. The number of phenols is 1. The molecule has 1 heterocycles. The third kappa shape index (κ3) is 1.46. The second kappa shape index (κ2) is 3.77. The first-order chi connectivity index (χ1) is 7.72. The highest BCUT2D eigenvalue weighted by Crippen LogP contribution is 2.38. The molecule has 0 radical (unpaired) electrons. The van der Waals surface area contributed by atoms with Crippen LogP contribution in [0.3, 0.4) is 0 Å². The average molecular weight is 214 g/mol. The van der Waals surface area contributed by atoms with Crippen molar-refractivity contribution in [1.29, 1.82) is 5.26 Å². The number of nitrogens with zero attached hydrogens (tertiary/aromatic N) is 1. The van der Waals surface area contributed by atoms with Gasteiger partial charge in [-0.2, -0.15) is 5.26 Å². The van der Waals surface area contributed by atoms with Crippen LogP contribution >= 0.6 is 0 Å². The van der Waals surface area contributed by atoms with Crippen molar-refractivity contribution in [3.63, 3.8) is 0 Å². The molecule has 0 saturated heterocycles. The molecule has 2 N–H and O–H groups in total. The molecule has 4 nitrogen and oxygen atoms in total. The highest BCUT2D eigenvalue weighted by Gasteiger charge is 2.40. The molecule has 1 aliphatic rings. The van der Waals surface area contributed by atoms with Gasteiger partial charge in [0.05, 0.1) is 12.6 Å². The Balaban J connectivity index is 2.41. The maximum atomic E-state index is 9.30. The van der Waals surface area contributed by atoms with E-state index in [1.807, 2.05) is 0 Å². The molecular weight excluding hydrogens is 204 g/mol. The number of terminal acetylenes is 1. The van der Waals surface area contributed by atoms with Gasteiger partial charge >= 0.3 is 0 Å². The topological polar surface area (TPSA) is 65.3 Å². The lowest BCUT2D eigenvalue weighted by Gasteiger charge is -2.19. The Morgan fingerprint density at radius 1 is 1.62 bits per heavy atom. The molecule has 1 aliphatic heterocycles. The quantitative estimate of drug-likeness (QED) is 0.712. The molecule has 80 valence electrons. The van der Waals surface area contributed by atoms with Gasteiger partial charge in [-0.25, -0.2) is 0 Å². The van der Waals surface area contributed by atoms with Crippen LogP contribution < -0.4 is 10.1 Å². The standard InChI is InChI=1S/C12H10N2O2/c1-2-5-14-12(7-13)8-16-11-6-9(15)3-4-10(11)12/h1,3-4,6,14-15H,5,8H2. The van der Waals surface area contributed by atoms with E-state index in [4.69, 9.17) is 11.2 Å². The van der Waals surface area contributed by atoms with Crippen LogP contribution in [0.4, 0.5) is 0 Å². The summed E-state index contributed by atoms with van der Waals surface area (Å²) < 4.78 is 5.37. The van der Waals surface area contributed by atoms with Crippen molar-refractivity contribution < 1.29 is 9.84 Å². The van der Waals surface area contributed by atoms with Gasteiger partial charge < -0.3 is 9.84 Å². The van der Waals surface area contributed by atoms with Crippen LogP contribution in [0.15, 0.2) is 18.2 Å². The third-order valence-electron chi connectivity index (χ3n) is 2.55. The average Bonchev–Trinajstić information content (AvgIpc) is 2.65. The SMILES string of the molecule is C#CCNC1(C#N)COc2cc(O)ccc21. The molecule has 0 fully saturated rings. The van der Waals surface area contributed by atoms with Crippen molar-refractivity contribution in [1.82, 2.24) is 5.32 Å². The molecule has 0 bridgehead atoms. The van der Waals surface area contributed by atoms with Gasteiger partial charge in [0.15, 0.2) is 5.54 Å². The zero-order chi connectivity index (χ0) is 11.6. The summed E-state index contributed by atoms with van der Waals surface area (Å²) >= 11 is 0. The van der Waals surface area contributed by atoms with Gasteiger partial charge in [-0.15, -0.1) is 6.42 Å².